The van der Waals surface area contributed by atoms with Crippen LogP contribution < -0.4 is 0 Å². The highest BCUT2D eigenvalue weighted by atomic mass is 16.6. The minimum atomic E-state index is -0.414. The van der Waals surface area contributed by atoms with Crippen LogP contribution in [0.1, 0.15) is 59.3 Å². The summed E-state index contributed by atoms with van der Waals surface area (Å²) in [5, 5.41) is 0. The van der Waals surface area contributed by atoms with Crippen molar-refractivity contribution in [3.63, 3.8) is 0 Å². The van der Waals surface area contributed by atoms with Gasteiger partial charge in [-0.15, -0.1) is 0 Å². The molecular weight excluding hydrogens is 252 g/mol. The van der Waals surface area contributed by atoms with E-state index in [2.05, 4.69) is 4.90 Å². The molecule has 2 fully saturated rings. The molecule has 2 aliphatic rings. The number of ether oxygens (including phenoxy) is 1. The lowest BCUT2D eigenvalue weighted by molar-refractivity contribution is 0.00509. The molecule has 1 amide bonds. The highest BCUT2D eigenvalue weighted by molar-refractivity contribution is 5.68. The van der Waals surface area contributed by atoms with Crippen molar-refractivity contribution in [2.24, 2.45) is 0 Å². The van der Waals surface area contributed by atoms with Crippen molar-refractivity contribution in [1.29, 1.82) is 0 Å². The van der Waals surface area contributed by atoms with Crippen LogP contribution in [0.3, 0.4) is 0 Å². The maximum atomic E-state index is 12.3. The van der Waals surface area contributed by atoms with Gasteiger partial charge in [0.15, 0.2) is 0 Å². The Balaban J connectivity index is 2.01. The molecule has 4 heteroatoms. The Morgan fingerprint density at radius 2 is 1.70 bits per heavy atom. The van der Waals surface area contributed by atoms with E-state index in [1.165, 1.54) is 45.2 Å². The molecule has 0 bridgehead atoms. The number of nitrogens with zero attached hydrogens (tertiary/aromatic N) is 2. The third-order valence-electron chi connectivity index (χ3n) is 4.48. The molecule has 0 unspecified atom stereocenters. The van der Waals surface area contributed by atoms with Crippen LogP contribution in [0.4, 0.5) is 4.79 Å². The van der Waals surface area contributed by atoms with E-state index in [0.717, 1.165) is 6.42 Å². The SMILES string of the molecule is CN(C(=O)OC(C)(C)C)[C@@H]1CCCC[C@@H]1N1CCCC1. The molecule has 0 spiro atoms. The molecule has 0 N–H and O–H groups in total. The number of amides is 1. The van der Waals surface area contributed by atoms with Crippen molar-refractivity contribution in [3.8, 4) is 0 Å². The Kier molecular flexibility index (Phi) is 4.95. The largest absolute Gasteiger partial charge is 0.444 e. The maximum Gasteiger partial charge on any atom is 0.410 e. The van der Waals surface area contributed by atoms with Gasteiger partial charge in [0.1, 0.15) is 5.60 Å². The van der Waals surface area contributed by atoms with E-state index >= 15 is 0 Å². The van der Waals surface area contributed by atoms with E-state index in [4.69, 9.17) is 4.74 Å². The van der Waals surface area contributed by atoms with Crippen LogP contribution >= 0.6 is 0 Å². The molecule has 1 saturated heterocycles. The first kappa shape index (κ1) is 15.6. The van der Waals surface area contributed by atoms with E-state index < -0.39 is 5.60 Å². The zero-order chi connectivity index (χ0) is 14.8. The Bertz CT molecular complexity index is 332. The Hall–Kier alpha value is -0.770. The second-order valence-electron chi connectivity index (χ2n) is 7.25. The predicted octanol–water partition coefficient (Wildman–Crippen LogP) is 3.26. The second-order valence-corrected chi connectivity index (χ2v) is 7.25. The maximum absolute atomic E-state index is 12.3. The first-order valence-corrected chi connectivity index (χ1v) is 8.08. The number of carbonyl (C=O) groups excluding carboxylic acids is 1. The molecule has 0 radical (unpaired) electrons. The summed E-state index contributed by atoms with van der Waals surface area (Å²) in [5.74, 6) is 0. The van der Waals surface area contributed by atoms with Gasteiger partial charge in [-0.1, -0.05) is 12.8 Å². The molecule has 116 valence electrons. The van der Waals surface area contributed by atoms with Crippen LogP contribution in [-0.2, 0) is 4.74 Å². The first-order valence-electron chi connectivity index (χ1n) is 8.08. The summed E-state index contributed by atoms with van der Waals surface area (Å²) in [4.78, 5) is 16.7. The van der Waals surface area contributed by atoms with Gasteiger partial charge in [-0.25, -0.2) is 4.79 Å². The van der Waals surface area contributed by atoms with Crippen molar-refractivity contribution >= 4 is 6.09 Å². The van der Waals surface area contributed by atoms with Gasteiger partial charge in [-0.3, -0.25) is 4.90 Å². The molecule has 2 atom stereocenters. The van der Waals surface area contributed by atoms with Crippen molar-refractivity contribution in [1.82, 2.24) is 9.80 Å². The van der Waals surface area contributed by atoms with Crippen LogP contribution in [0, 0.1) is 0 Å². The fraction of sp³-hybridized carbons (Fsp3) is 0.938. The second kappa shape index (κ2) is 6.33. The highest BCUT2D eigenvalue weighted by Crippen LogP contribution is 2.29. The molecule has 0 aromatic rings. The van der Waals surface area contributed by atoms with Crippen molar-refractivity contribution in [2.75, 3.05) is 20.1 Å². The molecule has 20 heavy (non-hydrogen) atoms. The smallest absolute Gasteiger partial charge is 0.410 e. The van der Waals surface area contributed by atoms with E-state index in [1.807, 2.05) is 32.7 Å². The number of rotatable bonds is 2. The average Bonchev–Trinajstić information content (AvgIpc) is 2.89. The summed E-state index contributed by atoms with van der Waals surface area (Å²) >= 11 is 0. The lowest BCUT2D eigenvalue weighted by Crippen LogP contribution is -2.53. The molecule has 1 heterocycles. The van der Waals surface area contributed by atoms with E-state index in [1.54, 1.807) is 0 Å². The van der Waals surface area contributed by atoms with Gasteiger partial charge < -0.3 is 9.64 Å². The number of likely N-dealkylation sites (tertiary alicyclic amines) is 1. The van der Waals surface area contributed by atoms with Gasteiger partial charge in [0.25, 0.3) is 0 Å². The van der Waals surface area contributed by atoms with E-state index in [0.29, 0.717) is 12.1 Å². The normalized spacial score (nSPS) is 28.4. The van der Waals surface area contributed by atoms with E-state index in [-0.39, 0.29) is 6.09 Å². The third-order valence-corrected chi connectivity index (χ3v) is 4.48. The Morgan fingerprint density at radius 3 is 2.30 bits per heavy atom. The quantitative estimate of drug-likeness (QED) is 0.779. The molecule has 1 saturated carbocycles. The average molecular weight is 282 g/mol. The minimum Gasteiger partial charge on any atom is -0.444 e. The molecule has 0 aromatic heterocycles. The Labute approximate surface area is 123 Å². The summed E-state index contributed by atoms with van der Waals surface area (Å²) in [6.45, 7) is 8.18. The van der Waals surface area contributed by atoms with Crippen LogP contribution in [0.5, 0.6) is 0 Å². The summed E-state index contributed by atoms with van der Waals surface area (Å²) < 4.78 is 5.53. The molecular formula is C16H30N2O2. The first-order chi connectivity index (χ1) is 9.38. The number of carbonyl (C=O) groups is 1. The van der Waals surface area contributed by atoms with E-state index in [9.17, 15) is 4.79 Å². The fourth-order valence-electron chi connectivity index (χ4n) is 3.51. The lowest BCUT2D eigenvalue weighted by atomic mass is 9.88. The summed E-state index contributed by atoms with van der Waals surface area (Å²) in [6.07, 6.45) is 7.28. The summed E-state index contributed by atoms with van der Waals surface area (Å²) in [6, 6.07) is 0.848. The van der Waals surface area contributed by atoms with Gasteiger partial charge in [0.05, 0.1) is 6.04 Å². The standard InChI is InChI=1S/C16H30N2O2/c1-16(2,3)20-15(19)17(4)13-9-5-6-10-14(13)18-11-7-8-12-18/h13-14H,5-12H2,1-4H3/t13-,14+/m1/s1. The van der Waals surface area contributed by atoms with Gasteiger partial charge >= 0.3 is 6.09 Å². The summed E-state index contributed by atoms with van der Waals surface area (Å²) in [5.41, 5.74) is -0.414. The third kappa shape index (κ3) is 3.87. The topological polar surface area (TPSA) is 32.8 Å². The van der Waals surface area contributed by atoms with Crippen molar-refractivity contribution < 1.29 is 9.53 Å². The molecule has 0 aromatic carbocycles. The zero-order valence-corrected chi connectivity index (χ0v) is 13.5. The Morgan fingerprint density at radius 1 is 1.10 bits per heavy atom. The predicted molar refractivity (Wildman–Crippen MR) is 80.8 cm³/mol. The van der Waals surface area contributed by atoms with Gasteiger partial charge in [0.2, 0.25) is 0 Å². The minimum absolute atomic E-state index is 0.173. The summed E-state index contributed by atoms with van der Waals surface area (Å²) in [7, 11) is 1.91. The van der Waals surface area contributed by atoms with Gasteiger partial charge in [-0.2, -0.15) is 0 Å². The van der Waals surface area contributed by atoms with Crippen LogP contribution in [0.2, 0.25) is 0 Å². The number of hydrogen-bond donors (Lipinski definition) is 0. The van der Waals surface area contributed by atoms with Crippen LogP contribution in [-0.4, -0.2) is 53.7 Å². The molecule has 4 nitrogen and oxygen atoms in total. The molecule has 2 rings (SSSR count). The van der Waals surface area contributed by atoms with Crippen LogP contribution in [0.15, 0.2) is 0 Å². The fourth-order valence-corrected chi connectivity index (χ4v) is 3.51. The molecule has 1 aliphatic carbocycles. The number of likely N-dealkylation sites (N-methyl/N-ethyl adjacent to an activating group) is 1. The van der Waals surface area contributed by atoms with Gasteiger partial charge in [0, 0.05) is 13.1 Å². The van der Waals surface area contributed by atoms with Crippen molar-refractivity contribution in [2.45, 2.75) is 77.0 Å². The number of hydrogen-bond acceptors (Lipinski definition) is 3. The zero-order valence-electron chi connectivity index (χ0n) is 13.5. The van der Waals surface area contributed by atoms with Gasteiger partial charge in [-0.05, 0) is 59.5 Å². The lowest BCUT2D eigenvalue weighted by Gasteiger charge is -2.42. The monoisotopic (exact) mass is 282 g/mol. The van der Waals surface area contributed by atoms with Crippen molar-refractivity contribution in [3.05, 3.63) is 0 Å². The highest BCUT2D eigenvalue weighted by Gasteiger charge is 2.36. The van der Waals surface area contributed by atoms with Crippen LogP contribution in [0.25, 0.3) is 0 Å². The molecule has 1 aliphatic heterocycles.